The Morgan fingerprint density at radius 1 is 1.14 bits per heavy atom. The number of hydrogen-bond donors (Lipinski definition) is 2. The molecule has 0 aromatic heterocycles. The third-order valence-corrected chi connectivity index (χ3v) is 3.08. The molecule has 0 unspecified atom stereocenters. The van der Waals surface area contributed by atoms with Crippen molar-refractivity contribution < 1.29 is 9.53 Å². The highest BCUT2D eigenvalue weighted by Crippen LogP contribution is 2.24. The number of nitrogens with one attached hydrogen (secondary N) is 1. The maximum Gasteiger partial charge on any atom is 0.258 e. The summed E-state index contributed by atoms with van der Waals surface area (Å²) >= 11 is 0. The molecule has 1 aromatic rings. The lowest BCUT2D eigenvalue weighted by atomic mass is 9.87. The summed E-state index contributed by atoms with van der Waals surface area (Å²) in [5.74, 6) is 0.527. The van der Waals surface area contributed by atoms with E-state index in [0.29, 0.717) is 12.3 Å². The van der Waals surface area contributed by atoms with Gasteiger partial charge in [-0.15, -0.1) is 12.4 Å². The van der Waals surface area contributed by atoms with Crippen molar-refractivity contribution in [1.29, 1.82) is 0 Å². The van der Waals surface area contributed by atoms with E-state index < -0.39 is 5.54 Å². The van der Waals surface area contributed by atoms with E-state index in [1.165, 1.54) is 5.56 Å². The van der Waals surface area contributed by atoms with E-state index in [9.17, 15) is 4.79 Å². The van der Waals surface area contributed by atoms with Crippen LogP contribution >= 0.6 is 12.4 Å². The van der Waals surface area contributed by atoms with Gasteiger partial charge >= 0.3 is 0 Å². The van der Waals surface area contributed by atoms with Gasteiger partial charge in [-0.05, 0) is 37.0 Å². The molecule has 4 nitrogen and oxygen atoms in total. The number of amides is 1. The average Bonchev–Trinajstić information content (AvgIpc) is 2.35. The number of halogens is 1. The molecular formula is C16H27ClN2O2. The maximum atomic E-state index is 11.7. The molecule has 0 spiro atoms. The number of ether oxygens (including phenoxy) is 1. The van der Waals surface area contributed by atoms with Crippen LogP contribution in [0, 0.1) is 0 Å². The Balaban J connectivity index is 0.00000400. The first-order chi connectivity index (χ1) is 9.14. The quantitative estimate of drug-likeness (QED) is 0.878. The van der Waals surface area contributed by atoms with Crippen LogP contribution in [-0.2, 0) is 10.2 Å². The Hall–Kier alpha value is -1.26. The molecule has 0 aliphatic heterocycles. The molecule has 3 N–H and O–H groups in total. The van der Waals surface area contributed by atoms with E-state index in [-0.39, 0.29) is 30.3 Å². The average molecular weight is 315 g/mol. The van der Waals surface area contributed by atoms with Crippen LogP contribution in [0.4, 0.5) is 0 Å². The van der Waals surface area contributed by atoms with E-state index in [0.717, 1.165) is 0 Å². The fraction of sp³-hybridized carbons (Fsp3) is 0.562. The fourth-order valence-electron chi connectivity index (χ4n) is 1.66. The van der Waals surface area contributed by atoms with Crippen LogP contribution in [0.5, 0.6) is 5.75 Å². The highest BCUT2D eigenvalue weighted by Gasteiger charge is 2.18. The van der Waals surface area contributed by atoms with Crippen LogP contribution in [0.3, 0.4) is 0 Å². The third kappa shape index (κ3) is 6.82. The Morgan fingerprint density at radius 3 is 2.10 bits per heavy atom. The van der Waals surface area contributed by atoms with Gasteiger partial charge < -0.3 is 15.8 Å². The lowest BCUT2D eigenvalue weighted by Gasteiger charge is -2.24. The second-order valence-electron chi connectivity index (χ2n) is 6.70. The summed E-state index contributed by atoms with van der Waals surface area (Å²) in [4.78, 5) is 11.7. The smallest absolute Gasteiger partial charge is 0.258 e. The van der Waals surface area contributed by atoms with Crippen molar-refractivity contribution in [3.05, 3.63) is 29.8 Å². The van der Waals surface area contributed by atoms with Crippen molar-refractivity contribution in [2.24, 2.45) is 5.73 Å². The fourth-order valence-corrected chi connectivity index (χ4v) is 1.66. The van der Waals surface area contributed by atoms with Gasteiger partial charge in [0.25, 0.3) is 5.91 Å². The molecule has 120 valence electrons. The van der Waals surface area contributed by atoms with Gasteiger partial charge in [-0.2, -0.15) is 0 Å². The number of carbonyl (C=O) groups is 1. The van der Waals surface area contributed by atoms with E-state index >= 15 is 0 Å². The molecule has 0 bridgehead atoms. The molecule has 0 heterocycles. The highest BCUT2D eigenvalue weighted by molar-refractivity contribution is 5.85. The first-order valence-electron chi connectivity index (χ1n) is 6.88. The monoisotopic (exact) mass is 314 g/mol. The Bertz CT molecular complexity index is 450. The summed E-state index contributed by atoms with van der Waals surface area (Å²) in [6, 6.07) is 7.83. The Labute approximate surface area is 133 Å². The Morgan fingerprint density at radius 2 is 1.67 bits per heavy atom. The predicted molar refractivity (Wildman–Crippen MR) is 89.2 cm³/mol. The largest absolute Gasteiger partial charge is 0.484 e. The Kier molecular flexibility index (Phi) is 7.20. The number of hydrogen-bond acceptors (Lipinski definition) is 3. The normalized spacial score (nSPS) is 11.5. The third-order valence-electron chi connectivity index (χ3n) is 3.08. The second kappa shape index (κ2) is 7.66. The summed E-state index contributed by atoms with van der Waals surface area (Å²) in [5, 5.41) is 2.82. The van der Waals surface area contributed by atoms with Crippen molar-refractivity contribution in [1.82, 2.24) is 5.32 Å². The minimum Gasteiger partial charge on any atom is -0.484 e. The van der Waals surface area contributed by atoms with E-state index in [2.05, 4.69) is 26.1 Å². The van der Waals surface area contributed by atoms with Crippen LogP contribution in [0.2, 0.25) is 0 Å². The summed E-state index contributed by atoms with van der Waals surface area (Å²) < 4.78 is 5.47. The predicted octanol–water partition coefficient (Wildman–Crippen LogP) is 2.64. The first-order valence-corrected chi connectivity index (χ1v) is 6.88. The molecule has 1 amide bonds. The van der Waals surface area contributed by atoms with Crippen LogP contribution in [0.25, 0.3) is 0 Å². The van der Waals surface area contributed by atoms with Gasteiger partial charge in [-0.1, -0.05) is 32.9 Å². The standard InChI is InChI=1S/C16H26N2O2.ClH/c1-15(2,3)12-6-8-13(9-7-12)20-10-14(19)18-16(4,5)11-17;/h6-9H,10-11,17H2,1-5H3,(H,18,19);1H. The molecule has 0 fully saturated rings. The molecule has 0 aliphatic carbocycles. The molecule has 1 rings (SSSR count). The lowest BCUT2D eigenvalue weighted by Crippen LogP contribution is -2.50. The van der Waals surface area contributed by atoms with Crippen LogP contribution in [-0.4, -0.2) is 24.6 Å². The van der Waals surface area contributed by atoms with E-state index in [1.807, 2.05) is 38.1 Å². The molecule has 1 aromatic carbocycles. The van der Waals surface area contributed by atoms with Crippen molar-refractivity contribution >= 4 is 18.3 Å². The van der Waals surface area contributed by atoms with Crippen LogP contribution in [0.1, 0.15) is 40.2 Å². The summed E-state index contributed by atoms with van der Waals surface area (Å²) in [6.45, 7) is 10.6. The SMILES string of the molecule is CC(C)(CN)NC(=O)COc1ccc(C(C)(C)C)cc1.Cl. The van der Waals surface area contributed by atoms with E-state index in [4.69, 9.17) is 10.5 Å². The number of carbonyl (C=O) groups excluding carboxylic acids is 1. The topological polar surface area (TPSA) is 64.3 Å². The van der Waals surface area contributed by atoms with Crippen molar-refractivity contribution in [3.8, 4) is 5.75 Å². The van der Waals surface area contributed by atoms with Crippen LogP contribution in [0.15, 0.2) is 24.3 Å². The van der Waals surface area contributed by atoms with Gasteiger partial charge in [0.1, 0.15) is 5.75 Å². The molecule has 0 aliphatic rings. The molecule has 0 saturated heterocycles. The van der Waals surface area contributed by atoms with Gasteiger partial charge in [0.05, 0.1) is 0 Å². The van der Waals surface area contributed by atoms with Crippen molar-refractivity contribution in [2.45, 2.75) is 45.6 Å². The molecule has 0 atom stereocenters. The summed E-state index contributed by atoms with van der Waals surface area (Å²) in [7, 11) is 0. The number of benzene rings is 1. The second-order valence-corrected chi connectivity index (χ2v) is 6.70. The van der Waals surface area contributed by atoms with Gasteiger partial charge in [-0.25, -0.2) is 0 Å². The van der Waals surface area contributed by atoms with Crippen molar-refractivity contribution in [3.63, 3.8) is 0 Å². The zero-order chi connectivity index (χ0) is 15.4. The van der Waals surface area contributed by atoms with Gasteiger partial charge in [0.2, 0.25) is 0 Å². The lowest BCUT2D eigenvalue weighted by molar-refractivity contribution is -0.124. The van der Waals surface area contributed by atoms with Crippen LogP contribution < -0.4 is 15.8 Å². The molecule has 21 heavy (non-hydrogen) atoms. The number of rotatable bonds is 5. The minimum absolute atomic E-state index is 0. The molecule has 5 heteroatoms. The molecular weight excluding hydrogens is 288 g/mol. The van der Waals surface area contributed by atoms with Gasteiger partial charge in [-0.3, -0.25) is 4.79 Å². The highest BCUT2D eigenvalue weighted by atomic mass is 35.5. The van der Waals surface area contributed by atoms with Gasteiger partial charge in [0.15, 0.2) is 6.61 Å². The zero-order valence-electron chi connectivity index (χ0n) is 13.5. The number of nitrogens with two attached hydrogens (primary N) is 1. The minimum atomic E-state index is -0.406. The van der Waals surface area contributed by atoms with Crippen molar-refractivity contribution in [2.75, 3.05) is 13.2 Å². The van der Waals surface area contributed by atoms with Gasteiger partial charge in [0, 0.05) is 12.1 Å². The zero-order valence-corrected chi connectivity index (χ0v) is 14.3. The summed E-state index contributed by atoms with van der Waals surface area (Å²) in [5.41, 5.74) is 6.50. The molecule has 0 radical (unpaired) electrons. The van der Waals surface area contributed by atoms with E-state index in [1.54, 1.807) is 0 Å². The maximum absolute atomic E-state index is 11.7. The summed E-state index contributed by atoms with van der Waals surface area (Å²) in [6.07, 6.45) is 0. The first kappa shape index (κ1) is 19.7. The molecule has 0 saturated carbocycles.